The summed E-state index contributed by atoms with van der Waals surface area (Å²) >= 11 is 0. The predicted molar refractivity (Wildman–Crippen MR) is 152 cm³/mol. The second kappa shape index (κ2) is 11.0. The zero-order chi connectivity index (χ0) is 23.9. The Morgan fingerprint density at radius 2 is 1.32 bits per heavy atom. The maximum absolute atomic E-state index is 2.45. The Kier molecular flexibility index (Phi) is 7.52. The van der Waals surface area contributed by atoms with Crippen LogP contribution >= 0.6 is 0 Å². The van der Waals surface area contributed by atoms with Crippen LogP contribution in [0.3, 0.4) is 0 Å². The Labute approximate surface area is 236 Å². The largest absolute Gasteiger partial charge is 1.00 e. The summed E-state index contributed by atoms with van der Waals surface area (Å²) in [6.45, 7) is 0. The van der Waals surface area contributed by atoms with Crippen LogP contribution in [0, 0.1) is 23.7 Å². The van der Waals surface area contributed by atoms with E-state index in [0.29, 0.717) is 0 Å². The average molecular weight is 480 g/mol. The van der Waals surface area contributed by atoms with Crippen molar-refractivity contribution < 1.29 is 18.9 Å². The summed E-state index contributed by atoms with van der Waals surface area (Å²) < 4.78 is 0. The first-order valence-electron chi connectivity index (χ1n) is 14.8. The second-order valence-corrected chi connectivity index (χ2v) is 12.2. The SMILES string of the molecule is C1=Cc2c(cc3c(c2-c2ccccc2)CCC3)C1.[Li+].c1ccc(C2C3CCCC3CC3CCCC32)cc1. The van der Waals surface area contributed by atoms with Crippen molar-refractivity contribution in [3.05, 3.63) is 101 Å². The molecular weight excluding hydrogens is 439 g/mol. The molecule has 4 atom stereocenters. The third kappa shape index (κ3) is 4.71. The van der Waals surface area contributed by atoms with Crippen LogP contribution in [0.2, 0.25) is 0 Å². The fourth-order valence-corrected chi connectivity index (χ4v) is 8.96. The molecule has 184 valence electrons. The van der Waals surface area contributed by atoms with Gasteiger partial charge in [0.05, 0.1) is 0 Å². The summed E-state index contributed by atoms with van der Waals surface area (Å²) in [4.78, 5) is 0. The molecule has 37 heavy (non-hydrogen) atoms. The van der Waals surface area contributed by atoms with Gasteiger partial charge in [-0.15, -0.1) is 0 Å². The Bertz CT molecular complexity index is 1220. The van der Waals surface area contributed by atoms with Gasteiger partial charge in [-0.05, 0) is 113 Å². The van der Waals surface area contributed by atoms with Crippen molar-refractivity contribution in [2.24, 2.45) is 23.7 Å². The van der Waals surface area contributed by atoms with Crippen molar-refractivity contribution in [1.29, 1.82) is 0 Å². The molecule has 5 aliphatic rings. The molecule has 0 radical (unpaired) electrons. The standard InChI is InChI=1S/C18H24.C18H16.Li/c2*1-2-6-13(7-3-1)18-16-10-4-8-14(16)12-15-9-5-11-17(15)18;/h1-3,6-7,14-18H,4-5,8-12H2;1-4,6-7,10,12H,5,8-9,11H2;/q;;+1. The first-order valence-corrected chi connectivity index (χ1v) is 14.8. The number of allylic oxidation sites excluding steroid dienone is 1. The van der Waals surface area contributed by atoms with Crippen LogP contribution in [0.1, 0.15) is 85.1 Å². The smallest absolute Gasteiger partial charge is 0.0795 e. The molecule has 0 bridgehead atoms. The predicted octanol–water partition coefficient (Wildman–Crippen LogP) is 6.42. The van der Waals surface area contributed by atoms with Gasteiger partial charge in [-0.3, -0.25) is 0 Å². The van der Waals surface area contributed by atoms with Crippen LogP contribution in [0.5, 0.6) is 0 Å². The minimum absolute atomic E-state index is 0. The minimum Gasteiger partial charge on any atom is -0.0795 e. The fraction of sp³-hybridized carbons (Fsp3) is 0.444. The second-order valence-electron chi connectivity index (χ2n) is 12.2. The molecule has 8 rings (SSSR count). The Balaban J connectivity index is 0.000000133. The van der Waals surface area contributed by atoms with Gasteiger partial charge in [0, 0.05) is 0 Å². The Morgan fingerprint density at radius 1 is 0.649 bits per heavy atom. The minimum atomic E-state index is 0. The number of rotatable bonds is 2. The molecule has 5 aliphatic carbocycles. The van der Waals surface area contributed by atoms with E-state index in [1.807, 2.05) is 0 Å². The van der Waals surface area contributed by atoms with E-state index in [1.54, 1.807) is 23.1 Å². The molecular formula is C36H40Li+. The molecule has 0 heterocycles. The molecule has 4 unspecified atom stereocenters. The number of hydrogen-bond acceptors (Lipinski definition) is 0. The molecule has 0 N–H and O–H groups in total. The van der Waals surface area contributed by atoms with Crippen LogP contribution in [-0.2, 0) is 19.3 Å². The third-order valence-electron chi connectivity index (χ3n) is 10.4. The summed E-state index contributed by atoms with van der Waals surface area (Å²) in [7, 11) is 0. The number of hydrogen-bond donors (Lipinski definition) is 0. The van der Waals surface area contributed by atoms with E-state index in [2.05, 4.69) is 78.9 Å². The summed E-state index contributed by atoms with van der Waals surface area (Å²) in [6, 6.07) is 24.8. The van der Waals surface area contributed by atoms with E-state index in [1.165, 1.54) is 80.0 Å². The quantitative estimate of drug-likeness (QED) is 0.372. The van der Waals surface area contributed by atoms with Crippen molar-refractivity contribution in [3.63, 3.8) is 0 Å². The summed E-state index contributed by atoms with van der Waals surface area (Å²) in [6.07, 6.45) is 20.2. The number of benzene rings is 3. The summed E-state index contributed by atoms with van der Waals surface area (Å²) in [5.74, 6) is 5.07. The Hall–Kier alpha value is -2.00. The molecule has 0 aromatic heterocycles. The zero-order valence-electron chi connectivity index (χ0n) is 22.7. The third-order valence-corrected chi connectivity index (χ3v) is 10.4. The van der Waals surface area contributed by atoms with E-state index in [-0.39, 0.29) is 18.9 Å². The van der Waals surface area contributed by atoms with Crippen molar-refractivity contribution in [1.82, 2.24) is 0 Å². The van der Waals surface area contributed by atoms with Crippen molar-refractivity contribution in [3.8, 4) is 11.1 Å². The normalized spacial score (nSPS) is 28.4. The molecule has 3 aromatic rings. The monoisotopic (exact) mass is 479 g/mol. The number of aryl methyl sites for hydroxylation is 1. The van der Waals surface area contributed by atoms with E-state index in [4.69, 9.17) is 0 Å². The molecule has 1 heteroatoms. The van der Waals surface area contributed by atoms with Gasteiger partial charge in [-0.25, -0.2) is 0 Å². The molecule has 0 saturated heterocycles. The van der Waals surface area contributed by atoms with Gasteiger partial charge >= 0.3 is 18.9 Å². The van der Waals surface area contributed by atoms with E-state index in [0.717, 1.165) is 36.0 Å². The molecule has 0 aliphatic heterocycles. The van der Waals surface area contributed by atoms with Crippen molar-refractivity contribution in [2.45, 2.75) is 76.5 Å². The van der Waals surface area contributed by atoms with Crippen LogP contribution < -0.4 is 18.9 Å². The van der Waals surface area contributed by atoms with Gasteiger partial charge in [-0.1, -0.05) is 105 Å². The summed E-state index contributed by atoms with van der Waals surface area (Å²) in [5, 5.41) is 0. The van der Waals surface area contributed by atoms with Crippen molar-refractivity contribution in [2.75, 3.05) is 0 Å². The average Bonchev–Trinajstić information content (AvgIpc) is 3.74. The van der Waals surface area contributed by atoms with Crippen LogP contribution in [0.15, 0.2) is 72.8 Å². The van der Waals surface area contributed by atoms with Gasteiger partial charge < -0.3 is 0 Å². The number of fused-ring (bicyclic) bond motifs is 4. The van der Waals surface area contributed by atoms with Crippen LogP contribution in [0.25, 0.3) is 17.2 Å². The molecule has 3 saturated carbocycles. The molecule has 0 amide bonds. The van der Waals surface area contributed by atoms with Gasteiger partial charge in [-0.2, -0.15) is 0 Å². The van der Waals surface area contributed by atoms with Gasteiger partial charge in [0.1, 0.15) is 0 Å². The zero-order valence-corrected chi connectivity index (χ0v) is 22.7. The molecule has 3 fully saturated rings. The van der Waals surface area contributed by atoms with Gasteiger partial charge in [0.2, 0.25) is 0 Å². The van der Waals surface area contributed by atoms with Gasteiger partial charge in [0.15, 0.2) is 0 Å². The van der Waals surface area contributed by atoms with Crippen molar-refractivity contribution >= 4 is 6.08 Å². The van der Waals surface area contributed by atoms with E-state index >= 15 is 0 Å². The van der Waals surface area contributed by atoms with E-state index < -0.39 is 0 Å². The van der Waals surface area contributed by atoms with Crippen LogP contribution in [-0.4, -0.2) is 0 Å². The Morgan fingerprint density at radius 3 is 2.03 bits per heavy atom. The maximum Gasteiger partial charge on any atom is 1.00 e. The maximum atomic E-state index is 2.45. The fourth-order valence-electron chi connectivity index (χ4n) is 8.96. The summed E-state index contributed by atoms with van der Waals surface area (Å²) in [5.41, 5.74) is 10.7. The molecule has 0 nitrogen and oxygen atoms in total. The topological polar surface area (TPSA) is 0 Å². The van der Waals surface area contributed by atoms with Crippen LogP contribution in [0.4, 0.5) is 0 Å². The molecule has 0 spiro atoms. The van der Waals surface area contributed by atoms with Gasteiger partial charge in [0.25, 0.3) is 0 Å². The molecule has 3 aromatic carbocycles. The first kappa shape index (κ1) is 25.3. The first-order chi connectivity index (χ1) is 17.9. The van der Waals surface area contributed by atoms with E-state index in [9.17, 15) is 0 Å².